The molecule has 0 unspecified atom stereocenters. The second-order valence-corrected chi connectivity index (χ2v) is 6.24. The van der Waals surface area contributed by atoms with Gasteiger partial charge in [-0.05, 0) is 64.3 Å². The smallest absolute Gasteiger partial charge is 0.323 e. The molecule has 0 saturated heterocycles. The second-order valence-electron chi connectivity index (χ2n) is 5.38. The van der Waals surface area contributed by atoms with Gasteiger partial charge in [-0.3, -0.25) is 0 Å². The lowest BCUT2D eigenvalue weighted by atomic mass is 10.0. The summed E-state index contributed by atoms with van der Waals surface area (Å²) < 4.78 is 0.823. The molecule has 2 aromatic carbocycles. The van der Waals surface area contributed by atoms with Gasteiger partial charge in [-0.25, -0.2) is 4.79 Å². The van der Waals surface area contributed by atoms with Crippen molar-refractivity contribution in [3.05, 3.63) is 89.1 Å². The maximum absolute atomic E-state index is 12.1. The predicted molar refractivity (Wildman–Crippen MR) is 109 cm³/mol. The first-order valence-corrected chi connectivity index (χ1v) is 8.48. The summed E-state index contributed by atoms with van der Waals surface area (Å²) in [5, 5.41) is 5.60. The molecule has 2 aromatic rings. The maximum atomic E-state index is 12.1. The van der Waals surface area contributed by atoms with Crippen molar-refractivity contribution < 1.29 is 4.79 Å². The van der Waals surface area contributed by atoms with E-state index in [-0.39, 0.29) is 6.03 Å². The Morgan fingerprint density at radius 1 is 1.12 bits per heavy atom. The fourth-order valence-electron chi connectivity index (χ4n) is 2.19. The summed E-state index contributed by atoms with van der Waals surface area (Å²) in [4.78, 5) is 12.1. The van der Waals surface area contributed by atoms with Crippen molar-refractivity contribution in [1.82, 2.24) is 0 Å². The Hall–Kier alpha value is -2.79. The Balaban J connectivity index is 2.08. The number of amides is 2. The molecule has 25 heavy (non-hydrogen) atoms. The van der Waals surface area contributed by atoms with Crippen molar-refractivity contribution in [1.29, 1.82) is 0 Å². The highest BCUT2D eigenvalue weighted by atomic mass is 79.9. The number of nitrogens with two attached hydrogens (primary N) is 1. The fourth-order valence-corrected chi connectivity index (χ4v) is 2.58. The van der Waals surface area contributed by atoms with Crippen LogP contribution in [0.2, 0.25) is 0 Å². The molecule has 0 saturated carbocycles. The zero-order chi connectivity index (χ0) is 18.2. The monoisotopic (exact) mass is 397 g/mol. The molecule has 0 aromatic heterocycles. The van der Waals surface area contributed by atoms with E-state index in [1.165, 1.54) is 0 Å². The van der Waals surface area contributed by atoms with Gasteiger partial charge in [0.15, 0.2) is 0 Å². The number of allylic oxidation sites excluding steroid dienone is 5. The van der Waals surface area contributed by atoms with Gasteiger partial charge in [-0.1, -0.05) is 43.0 Å². The van der Waals surface area contributed by atoms with E-state index in [0.717, 1.165) is 15.6 Å². The van der Waals surface area contributed by atoms with Crippen LogP contribution in [0.3, 0.4) is 0 Å². The Kier molecular flexibility index (Phi) is 6.60. The van der Waals surface area contributed by atoms with Gasteiger partial charge in [0.25, 0.3) is 0 Å². The number of halogens is 1. The molecule has 0 heterocycles. The van der Waals surface area contributed by atoms with Crippen LogP contribution in [0.4, 0.5) is 16.2 Å². The van der Waals surface area contributed by atoms with Gasteiger partial charge < -0.3 is 16.4 Å². The van der Waals surface area contributed by atoms with Crippen LogP contribution in [0.25, 0.3) is 5.57 Å². The van der Waals surface area contributed by atoms with Crippen LogP contribution >= 0.6 is 15.9 Å². The predicted octanol–water partition coefficient (Wildman–Crippen LogP) is 5.53. The highest BCUT2D eigenvalue weighted by Crippen LogP contribution is 2.22. The molecule has 4 N–H and O–H groups in total. The van der Waals surface area contributed by atoms with E-state index < -0.39 is 0 Å². The maximum Gasteiger partial charge on any atom is 0.323 e. The number of benzene rings is 2. The summed E-state index contributed by atoms with van der Waals surface area (Å²) >= 11 is 3.40. The second kappa shape index (κ2) is 8.89. The summed E-state index contributed by atoms with van der Waals surface area (Å²) in [5.41, 5.74) is 9.81. The van der Waals surface area contributed by atoms with Gasteiger partial charge >= 0.3 is 6.03 Å². The van der Waals surface area contributed by atoms with E-state index in [4.69, 9.17) is 5.73 Å². The van der Waals surface area contributed by atoms with E-state index in [1.54, 1.807) is 6.08 Å². The molecular weight excluding hydrogens is 378 g/mol. The van der Waals surface area contributed by atoms with Crippen LogP contribution in [0.15, 0.2) is 83.5 Å². The minimum atomic E-state index is -0.306. The third kappa shape index (κ3) is 5.65. The quantitative estimate of drug-likeness (QED) is 0.580. The van der Waals surface area contributed by atoms with Crippen LogP contribution < -0.4 is 16.4 Å². The molecule has 5 heteroatoms. The van der Waals surface area contributed by atoms with Gasteiger partial charge in [0.1, 0.15) is 0 Å². The van der Waals surface area contributed by atoms with E-state index in [9.17, 15) is 4.79 Å². The number of hydrogen-bond donors (Lipinski definition) is 3. The average molecular weight is 398 g/mol. The van der Waals surface area contributed by atoms with Crippen molar-refractivity contribution in [3.63, 3.8) is 0 Å². The lowest BCUT2D eigenvalue weighted by molar-refractivity contribution is 0.262. The molecule has 4 nitrogen and oxygen atoms in total. The molecule has 0 radical (unpaired) electrons. The van der Waals surface area contributed by atoms with Crippen molar-refractivity contribution in [3.8, 4) is 0 Å². The van der Waals surface area contributed by atoms with Gasteiger partial charge in [0.2, 0.25) is 0 Å². The molecule has 0 atom stereocenters. The van der Waals surface area contributed by atoms with Crippen molar-refractivity contribution in [2.75, 3.05) is 10.6 Å². The topological polar surface area (TPSA) is 67.1 Å². The summed E-state index contributed by atoms with van der Waals surface area (Å²) in [6.45, 7) is 5.55. The number of nitrogens with one attached hydrogen (secondary N) is 2. The van der Waals surface area contributed by atoms with Crippen LogP contribution in [0, 0.1) is 0 Å². The average Bonchev–Trinajstić information content (AvgIpc) is 2.57. The van der Waals surface area contributed by atoms with E-state index >= 15 is 0 Å². The molecular formula is C20H20BrN3O. The zero-order valence-corrected chi connectivity index (χ0v) is 15.5. The van der Waals surface area contributed by atoms with Crippen LogP contribution in [0.1, 0.15) is 12.5 Å². The lowest BCUT2D eigenvalue weighted by Gasteiger charge is -2.10. The summed E-state index contributed by atoms with van der Waals surface area (Å²) in [6.07, 6.45) is 5.48. The first-order valence-electron chi connectivity index (χ1n) is 7.69. The number of urea groups is 1. The summed E-state index contributed by atoms with van der Waals surface area (Å²) in [6, 6.07) is 14.6. The molecule has 0 aliphatic carbocycles. The first kappa shape index (κ1) is 18.5. The van der Waals surface area contributed by atoms with E-state index in [1.807, 2.05) is 67.6 Å². The molecule has 0 aliphatic rings. The fraction of sp³-hybridized carbons (Fsp3) is 0.0500. The highest BCUT2D eigenvalue weighted by molar-refractivity contribution is 9.10. The van der Waals surface area contributed by atoms with Crippen molar-refractivity contribution in [2.45, 2.75) is 6.92 Å². The summed E-state index contributed by atoms with van der Waals surface area (Å²) in [5.74, 6) is 0. The minimum Gasteiger partial charge on any atom is -0.402 e. The largest absolute Gasteiger partial charge is 0.402 e. The molecule has 0 bridgehead atoms. The highest BCUT2D eigenvalue weighted by Gasteiger charge is 2.06. The van der Waals surface area contributed by atoms with E-state index in [2.05, 4.69) is 33.1 Å². The molecule has 128 valence electrons. The van der Waals surface area contributed by atoms with Gasteiger partial charge in [0, 0.05) is 15.9 Å². The van der Waals surface area contributed by atoms with E-state index in [0.29, 0.717) is 17.1 Å². The number of carbonyl (C=O) groups is 1. The minimum absolute atomic E-state index is 0.306. The molecule has 2 rings (SSSR count). The van der Waals surface area contributed by atoms with Crippen LogP contribution in [-0.4, -0.2) is 6.03 Å². The third-order valence-corrected chi connectivity index (χ3v) is 3.97. The number of anilines is 2. The number of para-hydroxylation sites is 1. The third-order valence-electron chi connectivity index (χ3n) is 3.28. The van der Waals surface area contributed by atoms with Crippen molar-refractivity contribution >= 4 is 38.9 Å². The zero-order valence-electron chi connectivity index (χ0n) is 13.9. The van der Waals surface area contributed by atoms with Gasteiger partial charge in [0.05, 0.1) is 5.69 Å². The lowest BCUT2D eigenvalue weighted by Crippen LogP contribution is -2.19. The normalized spacial score (nSPS) is 11.8. The Morgan fingerprint density at radius 2 is 1.80 bits per heavy atom. The van der Waals surface area contributed by atoms with Crippen LogP contribution in [-0.2, 0) is 0 Å². The number of rotatable bonds is 5. The first-order chi connectivity index (χ1) is 12.0. The SMILES string of the molecule is C=C/C=C(\C=C(\C)N)c1ccc(NC(=O)Nc2ccccc2Br)cc1. The van der Waals surface area contributed by atoms with Gasteiger partial charge in [-0.2, -0.15) is 0 Å². The Bertz CT molecular complexity index is 819. The molecule has 0 fully saturated rings. The molecule has 0 spiro atoms. The Morgan fingerprint density at radius 3 is 2.40 bits per heavy atom. The standard InChI is InChI=1S/C20H20BrN3O/c1-3-6-16(13-14(2)22)15-9-11-17(12-10-15)23-20(25)24-19-8-5-4-7-18(19)21/h3-13H,1,22H2,2H3,(H2,23,24,25)/b14-13-,16-6+. The summed E-state index contributed by atoms with van der Waals surface area (Å²) in [7, 11) is 0. The van der Waals surface area contributed by atoms with Crippen LogP contribution in [0.5, 0.6) is 0 Å². The molecule has 2 amide bonds. The molecule has 0 aliphatic heterocycles. The van der Waals surface area contributed by atoms with Gasteiger partial charge in [-0.15, -0.1) is 0 Å². The Labute approximate surface area is 156 Å². The number of hydrogen-bond acceptors (Lipinski definition) is 2. The number of carbonyl (C=O) groups excluding carboxylic acids is 1. The van der Waals surface area contributed by atoms with Crippen molar-refractivity contribution in [2.24, 2.45) is 5.73 Å².